The van der Waals surface area contributed by atoms with Crippen molar-refractivity contribution < 1.29 is 14.5 Å². The summed E-state index contributed by atoms with van der Waals surface area (Å²) in [5.74, 6) is -0.403. The Morgan fingerprint density at radius 3 is 2.81 bits per heavy atom. The maximum atomic E-state index is 12.2. The minimum Gasteiger partial charge on any atom is -0.457 e. The number of carbonyl (C=O) groups is 1. The number of hydrogen-bond acceptors (Lipinski definition) is 7. The molecular formula is C17H15N3O5S. The lowest BCUT2D eigenvalue weighted by Crippen LogP contribution is -2.15. The number of nitrogens with zero attached hydrogens (tertiary/aromatic N) is 2. The van der Waals surface area contributed by atoms with Crippen molar-refractivity contribution in [2.45, 2.75) is 26.9 Å². The number of fused-ring (bicyclic) bond motifs is 1. The summed E-state index contributed by atoms with van der Waals surface area (Å²) in [4.78, 5) is 43.1. The summed E-state index contributed by atoms with van der Waals surface area (Å²) in [5, 5.41) is 11.5. The van der Waals surface area contributed by atoms with E-state index in [9.17, 15) is 19.7 Å². The molecule has 9 heteroatoms. The molecule has 2 heterocycles. The minimum absolute atomic E-state index is 0.137. The van der Waals surface area contributed by atoms with Gasteiger partial charge in [-0.2, -0.15) is 0 Å². The highest BCUT2D eigenvalue weighted by Gasteiger charge is 2.17. The molecule has 0 bridgehead atoms. The van der Waals surface area contributed by atoms with Gasteiger partial charge in [-0.15, -0.1) is 11.3 Å². The first kappa shape index (κ1) is 17.7. The summed E-state index contributed by atoms with van der Waals surface area (Å²) in [6.07, 6.45) is -0.235. The lowest BCUT2D eigenvalue weighted by molar-refractivity contribution is -0.385. The second-order valence-electron chi connectivity index (χ2n) is 5.70. The zero-order valence-electron chi connectivity index (χ0n) is 14.1. The first-order valence-corrected chi connectivity index (χ1v) is 8.55. The topological polar surface area (TPSA) is 115 Å². The minimum atomic E-state index is -0.638. The van der Waals surface area contributed by atoms with E-state index in [4.69, 9.17) is 4.74 Å². The smallest absolute Gasteiger partial charge is 0.310 e. The predicted octanol–water partition coefficient (Wildman–Crippen LogP) is 2.80. The van der Waals surface area contributed by atoms with E-state index in [1.807, 2.05) is 13.8 Å². The molecule has 0 spiro atoms. The van der Waals surface area contributed by atoms with E-state index in [-0.39, 0.29) is 35.7 Å². The highest BCUT2D eigenvalue weighted by Crippen LogP contribution is 2.25. The summed E-state index contributed by atoms with van der Waals surface area (Å²) in [5.41, 5.74) is 0.742. The molecule has 0 amide bonds. The number of ether oxygens (including phenoxy) is 1. The summed E-state index contributed by atoms with van der Waals surface area (Å²) >= 11 is 1.40. The molecule has 0 atom stereocenters. The second kappa shape index (κ2) is 7.04. The average molecular weight is 373 g/mol. The SMILES string of the molecule is Cc1sc2nc(COC(=O)Cc3ccccc3[N+](=O)[O-])[nH]c(=O)c2c1C. The Morgan fingerprint density at radius 1 is 1.35 bits per heavy atom. The predicted molar refractivity (Wildman–Crippen MR) is 96.3 cm³/mol. The number of hydrogen-bond donors (Lipinski definition) is 1. The fourth-order valence-electron chi connectivity index (χ4n) is 2.56. The summed E-state index contributed by atoms with van der Waals surface area (Å²) in [6, 6.07) is 5.98. The van der Waals surface area contributed by atoms with Crippen molar-refractivity contribution in [1.82, 2.24) is 9.97 Å². The maximum absolute atomic E-state index is 12.2. The van der Waals surface area contributed by atoms with Crippen molar-refractivity contribution in [3.8, 4) is 0 Å². The van der Waals surface area contributed by atoms with Gasteiger partial charge in [-0.3, -0.25) is 19.7 Å². The Morgan fingerprint density at radius 2 is 2.08 bits per heavy atom. The maximum Gasteiger partial charge on any atom is 0.310 e. The Bertz CT molecular complexity index is 1070. The third-order valence-corrected chi connectivity index (χ3v) is 5.08. The number of nitro benzene ring substituents is 1. The van der Waals surface area contributed by atoms with E-state index in [1.165, 1.54) is 29.5 Å². The number of aromatic amines is 1. The van der Waals surface area contributed by atoms with Crippen molar-refractivity contribution >= 4 is 33.2 Å². The first-order valence-electron chi connectivity index (χ1n) is 7.73. The molecule has 134 valence electrons. The molecule has 2 aromatic heterocycles. The Hall–Kier alpha value is -3.07. The first-order chi connectivity index (χ1) is 12.4. The molecule has 1 N–H and O–H groups in total. The van der Waals surface area contributed by atoms with Crippen LogP contribution in [0.15, 0.2) is 29.1 Å². The zero-order valence-corrected chi connectivity index (χ0v) is 14.9. The number of H-pyrrole nitrogens is 1. The van der Waals surface area contributed by atoms with Crippen LogP contribution in [0.1, 0.15) is 21.8 Å². The second-order valence-corrected chi connectivity index (χ2v) is 6.90. The molecule has 26 heavy (non-hydrogen) atoms. The van der Waals surface area contributed by atoms with Crippen molar-refractivity contribution in [3.05, 3.63) is 66.6 Å². The van der Waals surface area contributed by atoms with E-state index in [1.54, 1.807) is 6.07 Å². The van der Waals surface area contributed by atoms with Crippen molar-refractivity contribution in [2.24, 2.45) is 0 Å². The monoisotopic (exact) mass is 373 g/mol. The van der Waals surface area contributed by atoms with Crippen molar-refractivity contribution in [3.63, 3.8) is 0 Å². The fraction of sp³-hybridized carbons (Fsp3) is 0.235. The molecule has 8 nitrogen and oxygen atoms in total. The molecule has 0 aliphatic heterocycles. The van der Waals surface area contributed by atoms with Crippen LogP contribution < -0.4 is 5.56 Å². The number of esters is 1. The fourth-order valence-corrected chi connectivity index (χ4v) is 3.61. The van der Waals surface area contributed by atoms with Gasteiger partial charge in [0.15, 0.2) is 0 Å². The van der Waals surface area contributed by atoms with Gasteiger partial charge in [0.25, 0.3) is 11.2 Å². The highest BCUT2D eigenvalue weighted by atomic mass is 32.1. The average Bonchev–Trinajstić information content (AvgIpc) is 2.88. The van der Waals surface area contributed by atoms with Gasteiger partial charge in [-0.05, 0) is 19.4 Å². The van der Waals surface area contributed by atoms with Gasteiger partial charge >= 0.3 is 5.97 Å². The number of benzene rings is 1. The van der Waals surface area contributed by atoms with E-state index < -0.39 is 10.9 Å². The van der Waals surface area contributed by atoms with Crippen molar-refractivity contribution in [2.75, 3.05) is 0 Å². The van der Waals surface area contributed by atoms with E-state index in [0.29, 0.717) is 10.2 Å². The Labute approximate surface area is 151 Å². The van der Waals surface area contributed by atoms with E-state index in [0.717, 1.165) is 10.4 Å². The summed E-state index contributed by atoms with van der Waals surface area (Å²) in [7, 11) is 0. The number of thiophene rings is 1. The molecule has 3 rings (SSSR count). The molecule has 0 saturated heterocycles. The molecule has 1 aromatic carbocycles. The summed E-state index contributed by atoms with van der Waals surface area (Å²) in [6.45, 7) is 3.56. The van der Waals surface area contributed by atoms with Crippen molar-refractivity contribution in [1.29, 1.82) is 0 Å². The van der Waals surface area contributed by atoms with Gasteiger partial charge in [0.1, 0.15) is 17.3 Å². The van der Waals surface area contributed by atoms with Gasteiger partial charge in [-0.1, -0.05) is 18.2 Å². The van der Waals surface area contributed by atoms with Crippen LogP contribution in [0.4, 0.5) is 5.69 Å². The quantitative estimate of drug-likeness (QED) is 0.418. The van der Waals surface area contributed by atoms with E-state index in [2.05, 4.69) is 9.97 Å². The van der Waals surface area contributed by atoms with Crippen LogP contribution in [0.25, 0.3) is 10.2 Å². The highest BCUT2D eigenvalue weighted by molar-refractivity contribution is 7.18. The number of para-hydroxylation sites is 1. The lowest BCUT2D eigenvalue weighted by Gasteiger charge is -2.05. The Balaban J connectivity index is 1.73. The van der Waals surface area contributed by atoms with E-state index >= 15 is 0 Å². The third-order valence-electron chi connectivity index (χ3n) is 3.98. The van der Waals surface area contributed by atoms with Gasteiger partial charge in [-0.25, -0.2) is 4.98 Å². The number of aromatic nitrogens is 2. The van der Waals surface area contributed by atoms with Crippen LogP contribution in [0.2, 0.25) is 0 Å². The van der Waals surface area contributed by atoms with Crippen LogP contribution in [-0.4, -0.2) is 20.9 Å². The standard InChI is InChI=1S/C17H15N3O5S/c1-9-10(2)26-17-15(9)16(22)18-13(19-17)8-25-14(21)7-11-5-3-4-6-12(11)20(23)24/h3-6H,7-8H2,1-2H3,(H,18,19,22). The lowest BCUT2D eigenvalue weighted by atomic mass is 10.1. The Kier molecular flexibility index (Phi) is 4.81. The number of nitro groups is 1. The number of nitrogens with one attached hydrogen (secondary N) is 1. The van der Waals surface area contributed by atoms with Gasteiger partial charge in [0.2, 0.25) is 0 Å². The number of carbonyl (C=O) groups excluding carboxylic acids is 1. The molecule has 0 unspecified atom stereocenters. The molecule has 0 saturated carbocycles. The molecule has 0 radical (unpaired) electrons. The summed E-state index contributed by atoms with van der Waals surface area (Å²) < 4.78 is 5.12. The molecular weight excluding hydrogens is 358 g/mol. The third kappa shape index (κ3) is 3.47. The van der Waals surface area contributed by atoms with Gasteiger partial charge in [0, 0.05) is 16.5 Å². The molecule has 0 fully saturated rings. The zero-order chi connectivity index (χ0) is 18.8. The van der Waals surface area contributed by atoms with Crippen LogP contribution in [0, 0.1) is 24.0 Å². The molecule has 0 aliphatic rings. The number of aryl methyl sites for hydroxylation is 2. The molecule has 0 aliphatic carbocycles. The molecule has 3 aromatic rings. The largest absolute Gasteiger partial charge is 0.457 e. The van der Waals surface area contributed by atoms with Crippen LogP contribution in [0.3, 0.4) is 0 Å². The normalized spacial score (nSPS) is 10.8. The van der Waals surface area contributed by atoms with Crippen LogP contribution in [-0.2, 0) is 22.6 Å². The van der Waals surface area contributed by atoms with Crippen LogP contribution >= 0.6 is 11.3 Å². The number of rotatable bonds is 5. The van der Waals surface area contributed by atoms with Gasteiger partial charge in [0.05, 0.1) is 16.7 Å². The van der Waals surface area contributed by atoms with Crippen LogP contribution in [0.5, 0.6) is 0 Å². The van der Waals surface area contributed by atoms with Gasteiger partial charge < -0.3 is 9.72 Å².